The number of rotatable bonds is 5. The second-order valence-electron chi connectivity index (χ2n) is 14.1. The van der Waals surface area contributed by atoms with Gasteiger partial charge in [-0.3, -0.25) is 0 Å². The van der Waals surface area contributed by atoms with Crippen LogP contribution in [0.4, 0.5) is 0 Å². The number of fused-ring (bicyclic) bond motifs is 4. The van der Waals surface area contributed by atoms with E-state index in [1.54, 1.807) is 0 Å². The van der Waals surface area contributed by atoms with E-state index in [0.29, 0.717) is 0 Å². The summed E-state index contributed by atoms with van der Waals surface area (Å²) in [6, 6.07) is 43.9. The number of allylic oxidation sites excluding steroid dienone is 9. The molecule has 0 unspecified atom stereocenters. The summed E-state index contributed by atoms with van der Waals surface area (Å²) < 4.78 is 6.92. The standard InChI is InChI=1S/C50H38O/c1-3-14-33(15-4-1)39-30-40(34-16-5-2-6-17-34)32-41(31-39)37-20-11-18-35(28-37)36-19-12-21-38(29-36)48-44-24-8-7-22-42(44)45-25-13-26-46-43-23-9-10-27-47(43)51-50(48)49(45)46/h1-6,8-10,13-17,20-21,23-32H,7,11-12,18-19,22H2. The van der Waals surface area contributed by atoms with Crippen LogP contribution in [0.3, 0.4) is 0 Å². The molecule has 0 saturated heterocycles. The van der Waals surface area contributed by atoms with Gasteiger partial charge in [0.1, 0.15) is 11.5 Å². The van der Waals surface area contributed by atoms with Gasteiger partial charge in [0, 0.05) is 16.5 Å². The summed E-state index contributed by atoms with van der Waals surface area (Å²) in [4.78, 5) is 0. The summed E-state index contributed by atoms with van der Waals surface area (Å²) in [6.45, 7) is 0. The van der Waals surface area contributed by atoms with E-state index in [1.165, 1.54) is 88.7 Å². The minimum absolute atomic E-state index is 0.941. The monoisotopic (exact) mass is 654 g/mol. The van der Waals surface area contributed by atoms with E-state index in [2.05, 4.69) is 158 Å². The Kier molecular flexibility index (Phi) is 7.31. The maximum absolute atomic E-state index is 6.92. The first-order chi connectivity index (χ1) is 25.3. The van der Waals surface area contributed by atoms with Crippen molar-refractivity contribution in [3.05, 3.63) is 185 Å². The Morgan fingerprint density at radius 3 is 1.86 bits per heavy atom. The fourth-order valence-corrected chi connectivity index (χ4v) is 8.65. The molecule has 0 N–H and O–H groups in total. The van der Waals surface area contributed by atoms with Gasteiger partial charge in [-0.2, -0.15) is 0 Å². The molecule has 3 aliphatic carbocycles. The van der Waals surface area contributed by atoms with Crippen molar-refractivity contribution in [2.75, 3.05) is 0 Å². The van der Waals surface area contributed by atoms with Crippen LogP contribution < -0.4 is 4.74 Å². The van der Waals surface area contributed by atoms with E-state index in [9.17, 15) is 0 Å². The zero-order chi connectivity index (χ0) is 33.7. The molecule has 0 spiro atoms. The molecule has 1 aliphatic heterocycles. The molecule has 244 valence electrons. The van der Waals surface area contributed by atoms with E-state index in [4.69, 9.17) is 4.74 Å². The molecular formula is C50H38O. The van der Waals surface area contributed by atoms with Crippen molar-refractivity contribution in [2.24, 2.45) is 0 Å². The molecule has 0 amide bonds. The molecule has 0 fully saturated rings. The Bertz CT molecular complexity index is 2460. The lowest BCUT2D eigenvalue weighted by molar-refractivity contribution is 0.485. The molecule has 51 heavy (non-hydrogen) atoms. The minimum atomic E-state index is 0.941. The number of hydrogen-bond acceptors (Lipinski definition) is 1. The highest BCUT2D eigenvalue weighted by molar-refractivity contribution is 6.10. The normalized spacial score (nSPS) is 15.9. The van der Waals surface area contributed by atoms with Gasteiger partial charge in [0.15, 0.2) is 0 Å². The van der Waals surface area contributed by atoms with Gasteiger partial charge in [0.05, 0.1) is 0 Å². The molecule has 10 rings (SSSR count). The highest BCUT2D eigenvalue weighted by atomic mass is 16.5. The fraction of sp³-hybridized carbons (Fsp3) is 0.120. The largest absolute Gasteiger partial charge is 0.455 e. The Balaban J connectivity index is 1.08. The van der Waals surface area contributed by atoms with Crippen LogP contribution >= 0.6 is 0 Å². The first-order valence-electron chi connectivity index (χ1n) is 18.4. The van der Waals surface area contributed by atoms with E-state index in [1.807, 2.05) is 0 Å². The molecular weight excluding hydrogens is 617 g/mol. The summed E-state index contributed by atoms with van der Waals surface area (Å²) in [5.41, 5.74) is 18.3. The van der Waals surface area contributed by atoms with Crippen LogP contribution in [0.1, 0.15) is 54.4 Å². The molecule has 6 aromatic rings. The minimum Gasteiger partial charge on any atom is -0.455 e. The zero-order valence-electron chi connectivity index (χ0n) is 28.7. The first-order valence-corrected chi connectivity index (χ1v) is 18.4. The summed E-state index contributed by atoms with van der Waals surface area (Å²) >= 11 is 0. The molecule has 1 heterocycles. The smallest absolute Gasteiger partial charge is 0.144 e. The fourth-order valence-electron chi connectivity index (χ4n) is 8.65. The number of aryl methyl sites for hydroxylation is 1. The topological polar surface area (TPSA) is 9.23 Å². The van der Waals surface area contributed by atoms with Crippen molar-refractivity contribution in [3.8, 4) is 44.9 Å². The van der Waals surface area contributed by atoms with Crippen LogP contribution in [0.25, 0.3) is 61.4 Å². The first kappa shape index (κ1) is 29.9. The quantitative estimate of drug-likeness (QED) is 0.179. The molecule has 0 radical (unpaired) electrons. The SMILES string of the molecule is C1=Cc2c(C3=CCCC(C4=CC(c5cc(-c6ccccc6)cc(-c6ccccc6)c5)=CCC4)=C3)c3c4c(cccc4c2CC1)-c1ccccc1O3. The average Bonchev–Trinajstić information content (AvgIpc) is 3.21. The third-order valence-corrected chi connectivity index (χ3v) is 11.1. The molecule has 4 aliphatic rings. The molecule has 0 bridgehead atoms. The van der Waals surface area contributed by atoms with Crippen molar-refractivity contribution < 1.29 is 4.74 Å². The maximum atomic E-state index is 6.92. The highest BCUT2D eigenvalue weighted by Crippen LogP contribution is 2.53. The van der Waals surface area contributed by atoms with Crippen molar-refractivity contribution in [1.82, 2.24) is 0 Å². The van der Waals surface area contributed by atoms with Crippen LogP contribution in [-0.4, -0.2) is 0 Å². The van der Waals surface area contributed by atoms with Gasteiger partial charge in [0.2, 0.25) is 0 Å². The molecule has 1 nitrogen and oxygen atoms in total. The Labute approximate surface area is 300 Å². The van der Waals surface area contributed by atoms with Crippen LogP contribution in [-0.2, 0) is 6.42 Å². The number of para-hydroxylation sites is 1. The van der Waals surface area contributed by atoms with Crippen molar-refractivity contribution in [3.63, 3.8) is 0 Å². The molecule has 0 atom stereocenters. The second kappa shape index (κ2) is 12.4. The molecule has 0 saturated carbocycles. The Morgan fingerprint density at radius 1 is 0.490 bits per heavy atom. The zero-order valence-corrected chi connectivity index (χ0v) is 28.7. The molecule has 0 aromatic heterocycles. The van der Waals surface area contributed by atoms with Gasteiger partial charge in [-0.05, 0) is 135 Å². The van der Waals surface area contributed by atoms with E-state index < -0.39 is 0 Å². The predicted molar refractivity (Wildman–Crippen MR) is 215 cm³/mol. The number of hydrogen-bond donors (Lipinski definition) is 0. The van der Waals surface area contributed by atoms with Gasteiger partial charge >= 0.3 is 0 Å². The van der Waals surface area contributed by atoms with Gasteiger partial charge < -0.3 is 4.74 Å². The van der Waals surface area contributed by atoms with Gasteiger partial charge in [-0.15, -0.1) is 0 Å². The predicted octanol–water partition coefficient (Wildman–Crippen LogP) is 13.8. The third kappa shape index (κ3) is 5.24. The van der Waals surface area contributed by atoms with Gasteiger partial charge in [-0.1, -0.05) is 134 Å². The lowest BCUT2D eigenvalue weighted by atomic mass is 9.79. The third-order valence-electron chi connectivity index (χ3n) is 11.1. The van der Waals surface area contributed by atoms with Crippen LogP contribution in [0.5, 0.6) is 11.5 Å². The summed E-state index contributed by atoms with van der Waals surface area (Å²) in [5, 5.41) is 2.59. The van der Waals surface area contributed by atoms with Crippen LogP contribution in [0, 0.1) is 0 Å². The van der Waals surface area contributed by atoms with E-state index in [-0.39, 0.29) is 0 Å². The summed E-state index contributed by atoms with van der Waals surface area (Å²) in [5.74, 6) is 1.95. The highest BCUT2D eigenvalue weighted by Gasteiger charge is 2.29. The van der Waals surface area contributed by atoms with Crippen molar-refractivity contribution in [1.29, 1.82) is 0 Å². The molecule has 6 aromatic carbocycles. The lowest BCUT2D eigenvalue weighted by Gasteiger charge is -2.29. The van der Waals surface area contributed by atoms with Gasteiger partial charge in [-0.25, -0.2) is 0 Å². The Hall–Kier alpha value is -5.92. The maximum Gasteiger partial charge on any atom is 0.144 e. The molecule has 1 heteroatoms. The number of benzene rings is 6. The van der Waals surface area contributed by atoms with E-state index in [0.717, 1.165) is 50.0 Å². The lowest BCUT2D eigenvalue weighted by Crippen LogP contribution is -2.08. The second-order valence-corrected chi connectivity index (χ2v) is 14.1. The van der Waals surface area contributed by atoms with Crippen LogP contribution in [0.15, 0.2) is 163 Å². The van der Waals surface area contributed by atoms with Gasteiger partial charge in [0.25, 0.3) is 0 Å². The van der Waals surface area contributed by atoms with Crippen LogP contribution in [0.2, 0.25) is 0 Å². The average molecular weight is 655 g/mol. The van der Waals surface area contributed by atoms with Crippen molar-refractivity contribution >= 4 is 28.0 Å². The van der Waals surface area contributed by atoms with E-state index >= 15 is 0 Å². The van der Waals surface area contributed by atoms with Crippen molar-refractivity contribution in [2.45, 2.75) is 38.5 Å². The summed E-state index contributed by atoms with van der Waals surface area (Å²) in [6.07, 6.45) is 20.8. The number of ether oxygens (including phenoxy) is 1. The Morgan fingerprint density at radius 2 is 1.12 bits per heavy atom. The summed E-state index contributed by atoms with van der Waals surface area (Å²) in [7, 11) is 0.